The summed E-state index contributed by atoms with van der Waals surface area (Å²) in [6.45, 7) is 0. The van der Waals surface area contributed by atoms with Crippen molar-refractivity contribution in [2.45, 2.75) is 12.8 Å². The molecular formula is C27H20N2O4S. The van der Waals surface area contributed by atoms with E-state index in [0.29, 0.717) is 26.7 Å². The van der Waals surface area contributed by atoms with E-state index >= 15 is 0 Å². The van der Waals surface area contributed by atoms with Gasteiger partial charge in [-0.25, -0.2) is 4.98 Å². The molecule has 6 nitrogen and oxygen atoms in total. The minimum Gasteiger partial charge on any atom is -0.497 e. The third-order valence-corrected chi connectivity index (χ3v) is 7.21. The van der Waals surface area contributed by atoms with E-state index in [4.69, 9.17) is 24.3 Å². The Kier molecular flexibility index (Phi) is 4.85. The van der Waals surface area contributed by atoms with E-state index in [1.807, 2.05) is 30.3 Å². The van der Waals surface area contributed by atoms with Gasteiger partial charge in [0.2, 0.25) is 5.78 Å². The monoisotopic (exact) mass is 468 g/mol. The standard InChI is InChI=1S/C27H20N2O4S/c1-31-17-9-6-15(7-10-17)25(30)26-23(28)22-21(20-5-3-13-33-20)19-11-8-16(14-18-4-2-12-32-18)24(19)29-27(22)34-26/h2-7,9-10,12-14H,8,11,28H2,1H3. The number of carbonyl (C=O) groups is 1. The number of furan rings is 2. The molecule has 2 N–H and O–H groups in total. The fraction of sp³-hybridized carbons (Fsp3) is 0.111. The van der Waals surface area contributed by atoms with Crippen LogP contribution in [0.2, 0.25) is 0 Å². The van der Waals surface area contributed by atoms with Gasteiger partial charge in [-0.2, -0.15) is 0 Å². The van der Waals surface area contributed by atoms with E-state index < -0.39 is 0 Å². The van der Waals surface area contributed by atoms with Gasteiger partial charge in [0.25, 0.3) is 0 Å². The molecule has 1 aliphatic carbocycles. The highest BCUT2D eigenvalue weighted by Crippen LogP contribution is 2.47. The number of nitrogens with two attached hydrogens (primary N) is 1. The summed E-state index contributed by atoms with van der Waals surface area (Å²) in [5, 5.41) is 0.773. The topological polar surface area (TPSA) is 91.5 Å². The molecule has 0 unspecified atom stereocenters. The second kappa shape index (κ2) is 8.04. The van der Waals surface area contributed by atoms with E-state index in [1.165, 1.54) is 11.3 Å². The number of rotatable bonds is 5. The molecule has 1 aromatic carbocycles. The molecule has 0 atom stereocenters. The van der Waals surface area contributed by atoms with E-state index in [2.05, 4.69) is 0 Å². The third kappa shape index (κ3) is 3.24. The first-order valence-electron chi connectivity index (χ1n) is 10.9. The van der Waals surface area contributed by atoms with Gasteiger partial charge in [0.05, 0.1) is 31.0 Å². The molecule has 5 aromatic rings. The summed E-state index contributed by atoms with van der Waals surface area (Å²) in [4.78, 5) is 19.6. The van der Waals surface area contributed by atoms with Crippen LogP contribution in [0.25, 0.3) is 33.2 Å². The largest absolute Gasteiger partial charge is 0.497 e. The molecular weight excluding hydrogens is 448 g/mol. The fourth-order valence-corrected chi connectivity index (χ4v) is 5.56. The lowest BCUT2D eigenvalue weighted by Crippen LogP contribution is -2.02. The summed E-state index contributed by atoms with van der Waals surface area (Å²) in [5.41, 5.74) is 11.6. The maximum atomic E-state index is 13.4. The lowest BCUT2D eigenvalue weighted by molar-refractivity contribution is 0.104. The molecule has 0 amide bonds. The molecule has 0 spiro atoms. The summed E-state index contributed by atoms with van der Waals surface area (Å²) < 4.78 is 16.6. The quantitative estimate of drug-likeness (QED) is 0.298. The number of anilines is 1. The number of carbonyl (C=O) groups excluding carboxylic acids is 1. The van der Waals surface area contributed by atoms with Crippen molar-refractivity contribution < 1.29 is 18.4 Å². The fourth-order valence-electron chi connectivity index (χ4n) is 4.50. The van der Waals surface area contributed by atoms with Crippen LogP contribution in [0.3, 0.4) is 0 Å². The molecule has 168 valence electrons. The Morgan fingerprint density at radius 1 is 1.09 bits per heavy atom. The average molecular weight is 469 g/mol. The van der Waals surface area contributed by atoms with Gasteiger partial charge in [0, 0.05) is 16.5 Å². The van der Waals surface area contributed by atoms with Crippen molar-refractivity contribution in [2.75, 3.05) is 12.8 Å². The second-order valence-corrected chi connectivity index (χ2v) is 9.06. The van der Waals surface area contributed by atoms with Gasteiger partial charge >= 0.3 is 0 Å². The van der Waals surface area contributed by atoms with Gasteiger partial charge in [-0.15, -0.1) is 11.3 Å². The van der Waals surface area contributed by atoms with E-state index in [1.54, 1.807) is 43.9 Å². The Labute approximate surface area is 199 Å². The minimum absolute atomic E-state index is 0.139. The summed E-state index contributed by atoms with van der Waals surface area (Å²) in [7, 11) is 1.59. The first-order valence-corrected chi connectivity index (χ1v) is 11.7. The van der Waals surface area contributed by atoms with Crippen LogP contribution < -0.4 is 10.5 Å². The van der Waals surface area contributed by atoms with Crippen LogP contribution >= 0.6 is 11.3 Å². The van der Waals surface area contributed by atoms with Gasteiger partial charge < -0.3 is 19.3 Å². The number of fused-ring (bicyclic) bond motifs is 2. The number of nitrogen functional groups attached to an aromatic ring is 1. The molecule has 1 aliphatic rings. The van der Waals surface area contributed by atoms with Crippen molar-refractivity contribution in [2.24, 2.45) is 0 Å². The van der Waals surface area contributed by atoms with Crippen LogP contribution in [-0.4, -0.2) is 17.9 Å². The van der Waals surface area contributed by atoms with Crippen molar-refractivity contribution in [1.29, 1.82) is 0 Å². The van der Waals surface area contributed by atoms with Gasteiger partial charge in [-0.1, -0.05) is 0 Å². The van der Waals surface area contributed by atoms with Crippen LogP contribution in [0.1, 0.15) is 38.7 Å². The maximum absolute atomic E-state index is 13.4. The zero-order valence-corrected chi connectivity index (χ0v) is 19.1. The Balaban J connectivity index is 1.55. The number of aromatic nitrogens is 1. The molecule has 0 saturated heterocycles. The van der Waals surface area contributed by atoms with Crippen LogP contribution in [0.5, 0.6) is 5.75 Å². The van der Waals surface area contributed by atoms with Crippen LogP contribution in [0.15, 0.2) is 69.9 Å². The van der Waals surface area contributed by atoms with Crippen LogP contribution in [-0.2, 0) is 6.42 Å². The van der Waals surface area contributed by atoms with Gasteiger partial charge in [0.15, 0.2) is 0 Å². The summed E-state index contributed by atoms with van der Waals surface area (Å²) in [6.07, 6.45) is 6.97. The zero-order valence-electron chi connectivity index (χ0n) is 18.3. The van der Waals surface area contributed by atoms with Crippen LogP contribution in [0.4, 0.5) is 5.69 Å². The number of hydrogen-bond acceptors (Lipinski definition) is 7. The summed E-state index contributed by atoms with van der Waals surface area (Å²) >= 11 is 1.32. The van der Waals surface area contributed by atoms with Gasteiger partial charge in [-0.05, 0) is 78.6 Å². The van der Waals surface area contributed by atoms with Crippen LogP contribution in [0, 0.1) is 0 Å². The molecule has 34 heavy (non-hydrogen) atoms. The minimum atomic E-state index is -0.139. The molecule has 0 fully saturated rings. The number of thiophene rings is 1. The number of nitrogens with zero attached hydrogens (tertiary/aromatic N) is 1. The first-order chi connectivity index (χ1) is 16.6. The van der Waals surface area contributed by atoms with Crippen molar-refractivity contribution >= 4 is 44.7 Å². The number of pyridine rings is 1. The van der Waals surface area contributed by atoms with E-state index in [-0.39, 0.29) is 5.78 Å². The van der Waals surface area contributed by atoms with Crippen molar-refractivity contribution in [3.05, 3.63) is 88.5 Å². The average Bonchev–Trinajstić information content (AvgIpc) is 3.67. The smallest absolute Gasteiger partial charge is 0.205 e. The Hall–Kier alpha value is -4.10. The number of allylic oxidation sites excluding steroid dienone is 1. The Morgan fingerprint density at radius 2 is 1.88 bits per heavy atom. The van der Waals surface area contributed by atoms with E-state index in [0.717, 1.165) is 52.1 Å². The molecule has 0 bridgehead atoms. The molecule has 4 heterocycles. The normalized spacial score (nSPS) is 14.1. The number of hydrogen-bond donors (Lipinski definition) is 1. The molecule has 0 aliphatic heterocycles. The third-order valence-electron chi connectivity index (χ3n) is 6.11. The number of methoxy groups -OCH3 is 1. The SMILES string of the molecule is COc1ccc(C(=O)c2sc3nc4c(c(-c5ccco5)c3c2N)CCC4=Cc2ccco2)cc1. The van der Waals surface area contributed by atoms with Crippen molar-refractivity contribution in [1.82, 2.24) is 4.98 Å². The number of ether oxygens (including phenoxy) is 1. The highest BCUT2D eigenvalue weighted by Gasteiger charge is 2.30. The zero-order chi connectivity index (χ0) is 23.2. The maximum Gasteiger partial charge on any atom is 0.205 e. The van der Waals surface area contributed by atoms with Gasteiger partial charge in [-0.3, -0.25) is 4.79 Å². The highest BCUT2D eigenvalue weighted by molar-refractivity contribution is 7.21. The van der Waals surface area contributed by atoms with Crippen molar-refractivity contribution in [3.63, 3.8) is 0 Å². The lowest BCUT2D eigenvalue weighted by Gasteiger charge is -2.09. The molecule has 7 heteroatoms. The Bertz CT molecular complexity index is 1540. The second-order valence-electron chi connectivity index (χ2n) is 8.06. The molecule has 6 rings (SSSR count). The predicted octanol–water partition coefficient (Wildman–Crippen LogP) is 6.46. The lowest BCUT2D eigenvalue weighted by atomic mass is 9.99. The number of ketones is 1. The van der Waals surface area contributed by atoms with Crippen molar-refractivity contribution in [3.8, 4) is 17.1 Å². The predicted molar refractivity (Wildman–Crippen MR) is 133 cm³/mol. The highest BCUT2D eigenvalue weighted by atomic mass is 32.1. The first kappa shape index (κ1) is 20.5. The molecule has 0 radical (unpaired) electrons. The number of benzene rings is 1. The van der Waals surface area contributed by atoms with Gasteiger partial charge in [0.1, 0.15) is 27.0 Å². The summed E-state index contributed by atoms with van der Waals surface area (Å²) in [6, 6.07) is 14.6. The molecule has 4 aromatic heterocycles. The molecule has 0 saturated carbocycles. The van der Waals surface area contributed by atoms with E-state index in [9.17, 15) is 4.79 Å². The summed E-state index contributed by atoms with van der Waals surface area (Å²) in [5.74, 6) is 2.05. The Morgan fingerprint density at radius 3 is 2.59 bits per heavy atom.